The number of ether oxygens (including phenoxy) is 2. The van der Waals surface area contributed by atoms with Gasteiger partial charge in [0, 0.05) is 31.7 Å². The predicted molar refractivity (Wildman–Crippen MR) is 124 cm³/mol. The average molecular weight is 458 g/mol. The molecule has 9 heteroatoms. The summed E-state index contributed by atoms with van der Waals surface area (Å²) >= 11 is 0. The fourth-order valence-electron chi connectivity index (χ4n) is 4.77. The molecule has 2 aromatic rings. The summed E-state index contributed by atoms with van der Waals surface area (Å²) in [5, 5.41) is 22.4. The lowest BCUT2D eigenvalue weighted by Crippen LogP contribution is -2.65. The molecule has 1 aromatic carbocycles. The molecule has 2 aliphatic rings. The Bertz CT molecular complexity index is 987. The van der Waals surface area contributed by atoms with Gasteiger partial charge in [-0.05, 0) is 44.0 Å². The van der Waals surface area contributed by atoms with Crippen molar-refractivity contribution in [2.75, 3.05) is 21.3 Å². The highest BCUT2D eigenvalue weighted by atomic mass is 16.5. The Morgan fingerprint density at radius 1 is 1.21 bits per heavy atom. The van der Waals surface area contributed by atoms with Crippen LogP contribution >= 0.6 is 0 Å². The SMILES string of the molecule is COc1ccc(OC)c(CNCc2cc3n(n2)CC(C)(C(O)NC2CCCC2)N(C)C3=O)c1. The third-order valence-electron chi connectivity index (χ3n) is 7.04. The molecule has 1 aliphatic heterocycles. The van der Waals surface area contributed by atoms with Crippen LogP contribution in [-0.4, -0.2) is 64.8 Å². The Kier molecular flexibility index (Phi) is 6.92. The minimum Gasteiger partial charge on any atom is -0.497 e. The van der Waals surface area contributed by atoms with E-state index in [0.29, 0.717) is 31.4 Å². The maximum absolute atomic E-state index is 13.1. The Morgan fingerprint density at radius 2 is 1.97 bits per heavy atom. The van der Waals surface area contributed by atoms with Crippen LogP contribution in [-0.2, 0) is 19.6 Å². The first kappa shape index (κ1) is 23.5. The van der Waals surface area contributed by atoms with E-state index in [1.807, 2.05) is 31.2 Å². The van der Waals surface area contributed by atoms with Gasteiger partial charge in [-0.2, -0.15) is 5.10 Å². The van der Waals surface area contributed by atoms with Crippen molar-refractivity contribution in [2.24, 2.45) is 0 Å². The fraction of sp³-hybridized carbons (Fsp3) is 0.583. The van der Waals surface area contributed by atoms with E-state index in [4.69, 9.17) is 9.47 Å². The van der Waals surface area contributed by atoms with Crippen LogP contribution in [0.4, 0.5) is 0 Å². The third kappa shape index (κ3) is 4.71. The molecule has 2 heterocycles. The summed E-state index contributed by atoms with van der Waals surface area (Å²) in [6, 6.07) is 7.80. The molecule has 2 unspecified atom stereocenters. The topological polar surface area (TPSA) is 101 Å². The van der Waals surface area contributed by atoms with Crippen LogP contribution in [0.3, 0.4) is 0 Å². The summed E-state index contributed by atoms with van der Waals surface area (Å²) in [5.41, 5.74) is 1.51. The van der Waals surface area contributed by atoms with E-state index in [-0.39, 0.29) is 5.91 Å². The largest absolute Gasteiger partial charge is 0.497 e. The van der Waals surface area contributed by atoms with Crippen molar-refractivity contribution in [3.8, 4) is 11.5 Å². The van der Waals surface area contributed by atoms with Crippen LogP contribution in [0.5, 0.6) is 11.5 Å². The van der Waals surface area contributed by atoms with Crippen molar-refractivity contribution in [3.05, 3.63) is 41.2 Å². The normalized spacial score (nSPS) is 21.8. The van der Waals surface area contributed by atoms with E-state index in [1.165, 1.54) is 12.8 Å². The summed E-state index contributed by atoms with van der Waals surface area (Å²) in [6.07, 6.45) is 3.65. The monoisotopic (exact) mass is 457 g/mol. The van der Waals surface area contributed by atoms with E-state index in [0.717, 1.165) is 35.6 Å². The average Bonchev–Trinajstić information content (AvgIpc) is 3.47. The zero-order chi connectivity index (χ0) is 23.6. The van der Waals surface area contributed by atoms with E-state index < -0.39 is 11.8 Å². The number of aromatic nitrogens is 2. The first-order chi connectivity index (χ1) is 15.9. The number of amides is 1. The molecular formula is C24H35N5O4. The van der Waals surface area contributed by atoms with E-state index >= 15 is 0 Å². The van der Waals surface area contributed by atoms with Gasteiger partial charge in [0.25, 0.3) is 5.91 Å². The standard InChI is InChI=1S/C24H35N5O4/c1-24(23(31)26-17-7-5-6-8-17)15-29-20(22(30)28(24)2)12-18(27-29)14-25-13-16-11-19(32-3)9-10-21(16)33-4/h9-12,17,23,25-26,31H,5-8,13-15H2,1-4H3. The molecule has 1 fully saturated rings. The van der Waals surface area contributed by atoms with Gasteiger partial charge in [0.2, 0.25) is 0 Å². The molecule has 180 valence electrons. The first-order valence-electron chi connectivity index (χ1n) is 11.6. The highest BCUT2D eigenvalue weighted by Crippen LogP contribution is 2.29. The van der Waals surface area contributed by atoms with Gasteiger partial charge in [-0.3, -0.25) is 14.8 Å². The number of methoxy groups -OCH3 is 2. The van der Waals surface area contributed by atoms with E-state index in [9.17, 15) is 9.90 Å². The van der Waals surface area contributed by atoms with Crippen molar-refractivity contribution in [3.63, 3.8) is 0 Å². The summed E-state index contributed by atoms with van der Waals surface area (Å²) in [7, 11) is 5.03. The van der Waals surface area contributed by atoms with Gasteiger partial charge in [-0.1, -0.05) is 12.8 Å². The Hall–Kier alpha value is -2.62. The van der Waals surface area contributed by atoms with Crippen LogP contribution in [0.2, 0.25) is 0 Å². The second-order valence-corrected chi connectivity index (χ2v) is 9.23. The molecule has 4 rings (SSSR count). The van der Waals surface area contributed by atoms with Crippen LogP contribution in [0.1, 0.15) is 54.4 Å². The number of hydrogen-bond donors (Lipinski definition) is 3. The molecule has 0 bridgehead atoms. The molecule has 1 aliphatic carbocycles. The Morgan fingerprint density at radius 3 is 2.67 bits per heavy atom. The second-order valence-electron chi connectivity index (χ2n) is 9.23. The highest BCUT2D eigenvalue weighted by Gasteiger charge is 2.46. The minimum absolute atomic E-state index is 0.135. The zero-order valence-electron chi connectivity index (χ0n) is 19.9. The van der Waals surface area contributed by atoms with Crippen molar-refractivity contribution >= 4 is 5.91 Å². The van der Waals surface area contributed by atoms with Gasteiger partial charge in [0.05, 0.1) is 32.0 Å². The summed E-state index contributed by atoms with van der Waals surface area (Å²) < 4.78 is 12.5. The molecule has 3 N–H and O–H groups in total. The molecular weight excluding hydrogens is 422 g/mol. The molecule has 2 atom stereocenters. The minimum atomic E-state index is -0.825. The predicted octanol–water partition coefficient (Wildman–Crippen LogP) is 1.88. The molecule has 1 aromatic heterocycles. The zero-order valence-corrected chi connectivity index (χ0v) is 19.9. The first-order valence-corrected chi connectivity index (χ1v) is 11.6. The third-order valence-corrected chi connectivity index (χ3v) is 7.04. The van der Waals surface area contributed by atoms with Gasteiger partial charge < -0.3 is 24.8 Å². The number of fused-ring (bicyclic) bond motifs is 1. The Labute approximate surface area is 195 Å². The summed E-state index contributed by atoms with van der Waals surface area (Å²) in [6.45, 7) is 3.40. The summed E-state index contributed by atoms with van der Waals surface area (Å²) in [5.74, 6) is 1.41. The molecule has 0 radical (unpaired) electrons. The number of aliphatic hydroxyl groups is 1. The van der Waals surface area contributed by atoms with Crippen LogP contribution < -0.4 is 20.1 Å². The quantitative estimate of drug-likeness (QED) is 0.495. The molecule has 0 saturated heterocycles. The number of nitrogens with zero attached hydrogens (tertiary/aromatic N) is 3. The number of carbonyl (C=O) groups is 1. The van der Waals surface area contributed by atoms with Crippen LogP contribution in [0, 0.1) is 0 Å². The molecule has 1 saturated carbocycles. The molecule has 1 amide bonds. The molecule has 0 spiro atoms. The van der Waals surface area contributed by atoms with Gasteiger partial charge in [0.15, 0.2) is 0 Å². The van der Waals surface area contributed by atoms with Crippen molar-refractivity contribution in [1.82, 2.24) is 25.3 Å². The number of likely N-dealkylation sites (N-methyl/N-ethyl adjacent to an activating group) is 1. The smallest absolute Gasteiger partial charge is 0.272 e. The highest BCUT2D eigenvalue weighted by molar-refractivity contribution is 5.94. The lowest BCUT2D eigenvalue weighted by Gasteiger charge is -2.46. The maximum atomic E-state index is 13.1. The fourth-order valence-corrected chi connectivity index (χ4v) is 4.77. The number of hydrogen-bond acceptors (Lipinski definition) is 7. The Balaban J connectivity index is 1.43. The lowest BCUT2D eigenvalue weighted by atomic mass is 9.94. The van der Waals surface area contributed by atoms with Gasteiger partial charge >= 0.3 is 0 Å². The number of rotatable bonds is 9. The number of nitrogens with one attached hydrogen (secondary N) is 2. The number of benzene rings is 1. The van der Waals surface area contributed by atoms with Gasteiger partial charge in [-0.25, -0.2) is 0 Å². The lowest BCUT2D eigenvalue weighted by molar-refractivity contribution is -0.0428. The molecule has 33 heavy (non-hydrogen) atoms. The van der Waals surface area contributed by atoms with Crippen LogP contribution in [0.25, 0.3) is 0 Å². The number of aliphatic hydroxyl groups excluding tert-OH is 1. The van der Waals surface area contributed by atoms with Crippen LogP contribution in [0.15, 0.2) is 24.3 Å². The number of carbonyl (C=O) groups excluding carboxylic acids is 1. The van der Waals surface area contributed by atoms with Crippen molar-refractivity contribution in [1.29, 1.82) is 0 Å². The second kappa shape index (κ2) is 9.70. The van der Waals surface area contributed by atoms with Crippen molar-refractivity contribution < 1.29 is 19.4 Å². The molecule has 9 nitrogen and oxygen atoms in total. The van der Waals surface area contributed by atoms with Crippen molar-refractivity contribution in [2.45, 2.75) is 70.0 Å². The van der Waals surface area contributed by atoms with E-state index in [1.54, 1.807) is 30.8 Å². The summed E-state index contributed by atoms with van der Waals surface area (Å²) in [4.78, 5) is 14.8. The van der Waals surface area contributed by atoms with Gasteiger partial charge in [-0.15, -0.1) is 0 Å². The maximum Gasteiger partial charge on any atom is 0.272 e. The van der Waals surface area contributed by atoms with E-state index in [2.05, 4.69) is 15.7 Å². The van der Waals surface area contributed by atoms with Gasteiger partial charge in [0.1, 0.15) is 23.4 Å².